The second kappa shape index (κ2) is 30.9. The van der Waals surface area contributed by atoms with Crippen molar-refractivity contribution in [2.75, 3.05) is 0 Å². The first-order chi connectivity index (χ1) is 18.4. The summed E-state index contributed by atoms with van der Waals surface area (Å²) in [7, 11) is 0. The van der Waals surface area contributed by atoms with Crippen molar-refractivity contribution in [1.82, 2.24) is 0 Å². The van der Waals surface area contributed by atoms with Gasteiger partial charge >= 0.3 is 0 Å². The van der Waals surface area contributed by atoms with E-state index in [2.05, 4.69) is 96.9 Å². The monoisotopic (exact) mass is 555 g/mol. The molecule has 0 aromatic heterocycles. The fourth-order valence-corrected chi connectivity index (χ4v) is 6.64. The normalized spacial score (nSPS) is 19.5. The van der Waals surface area contributed by atoms with Crippen LogP contribution < -0.4 is 0 Å². The van der Waals surface area contributed by atoms with E-state index in [1.807, 2.05) is 27.7 Å². The predicted octanol–water partition coefficient (Wildman–Crippen LogP) is 14.8. The highest BCUT2D eigenvalue weighted by Gasteiger charge is 2.33. The van der Waals surface area contributed by atoms with Crippen LogP contribution in [-0.2, 0) is 0 Å². The Hall–Kier alpha value is 0. The molecule has 0 aromatic rings. The highest BCUT2D eigenvalue weighted by molar-refractivity contribution is 4.83. The Morgan fingerprint density at radius 1 is 0.564 bits per heavy atom. The van der Waals surface area contributed by atoms with Crippen molar-refractivity contribution in [2.45, 2.75) is 195 Å². The van der Waals surface area contributed by atoms with Crippen molar-refractivity contribution in [3.8, 4) is 0 Å². The third-order valence-corrected chi connectivity index (χ3v) is 9.75. The Balaban J connectivity index is -0.000000259. The summed E-state index contributed by atoms with van der Waals surface area (Å²) >= 11 is 0. The predicted molar refractivity (Wildman–Crippen MR) is 188 cm³/mol. The highest BCUT2D eigenvalue weighted by atomic mass is 14.4. The summed E-state index contributed by atoms with van der Waals surface area (Å²) < 4.78 is 0. The Kier molecular flexibility index (Phi) is 36.5. The Morgan fingerprint density at radius 3 is 1.26 bits per heavy atom. The quantitative estimate of drug-likeness (QED) is 0.200. The molecule has 0 spiro atoms. The van der Waals surface area contributed by atoms with Gasteiger partial charge in [-0.05, 0) is 84.9 Å². The van der Waals surface area contributed by atoms with E-state index in [-0.39, 0.29) is 0 Å². The maximum Gasteiger partial charge on any atom is -0.0365 e. The van der Waals surface area contributed by atoms with E-state index in [9.17, 15) is 0 Å². The number of hydrogen-bond acceptors (Lipinski definition) is 0. The van der Waals surface area contributed by atoms with Gasteiger partial charge in [-0.1, -0.05) is 170 Å². The van der Waals surface area contributed by atoms with Crippen LogP contribution in [0, 0.1) is 59.2 Å². The molecule has 0 saturated heterocycles. The van der Waals surface area contributed by atoms with Gasteiger partial charge in [-0.2, -0.15) is 0 Å². The van der Waals surface area contributed by atoms with E-state index in [1.54, 1.807) is 0 Å². The minimum atomic E-state index is 0.866. The van der Waals surface area contributed by atoms with Crippen LogP contribution in [0.1, 0.15) is 195 Å². The van der Waals surface area contributed by atoms with Crippen LogP contribution >= 0.6 is 0 Å². The third-order valence-electron chi connectivity index (χ3n) is 9.75. The van der Waals surface area contributed by atoms with Gasteiger partial charge in [0.25, 0.3) is 0 Å². The minimum Gasteiger partial charge on any atom is -0.0683 e. The van der Waals surface area contributed by atoms with Gasteiger partial charge in [0.2, 0.25) is 0 Å². The zero-order valence-corrected chi connectivity index (χ0v) is 31.6. The fourth-order valence-electron chi connectivity index (χ4n) is 6.64. The smallest absolute Gasteiger partial charge is 0.0365 e. The van der Waals surface area contributed by atoms with Gasteiger partial charge in [-0.15, -0.1) is 0 Å². The Labute approximate surface area is 254 Å². The van der Waals surface area contributed by atoms with Crippen molar-refractivity contribution >= 4 is 0 Å². The average Bonchev–Trinajstić information content (AvgIpc) is 3.43. The molecule has 0 nitrogen and oxygen atoms in total. The van der Waals surface area contributed by atoms with E-state index < -0.39 is 0 Å². The molecule has 1 aliphatic rings. The summed E-state index contributed by atoms with van der Waals surface area (Å²) in [5, 5.41) is 0. The summed E-state index contributed by atoms with van der Waals surface area (Å²) in [6.07, 6.45) is 15.5. The molecule has 242 valence electrons. The maximum atomic E-state index is 2.56. The third kappa shape index (κ3) is 23.3. The van der Waals surface area contributed by atoms with E-state index in [1.165, 1.54) is 70.6 Å². The van der Waals surface area contributed by atoms with Crippen molar-refractivity contribution in [1.29, 1.82) is 0 Å². The van der Waals surface area contributed by atoms with Crippen LogP contribution in [0.25, 0.3) is 0 Å². The molecule has 0 heteroatoms. The van der Waals surface area contributed by atoms with Crippen LogP contribution in [0.5, 0.6) is 0 Å². The first-order valence-electron chi connectivity index (χ1n) is 18.4. The van der Waals surface area contributed by atoms with Gasteiger partial charge in [0.1, 0.15) is 0 Å². The largest absolute Gasteiger partial charge is 0.0683 e. The summed E-state index contributed by atoms with van der Waals surface area (Å²) in [5.41, 5.74) is 0. The van der Waals surface area contributed by atoms with Gasteiger partial charge in [-0.3, -0.25) is 0 Å². The summed E-state index contributed by atoms with van der Waals surface area (Å²) in [6.45, 7) is 40.9. The van der Waals surface area contributed by atoms with Gasteiger partial charge in [0, 0.05) is 0 Å². The molecule has 1 rings (SSSR count). The molecule has 1 saturated carbocycles. The molecular weight excluding hydrogens is 468 g/mol. The summed E-state index contributed by atoms with van der Waals surface area (Å²) in [6, 6.07) is 0. The summed E-state index contributed by atoms with van der Waals surface area (Å²) in [5.74, 6) is 9.44. The van der Waals surface area contributed by atoms with Crippen molar-refractivity contribution in [3.63, 3.8) is 0 Å². The fraction of sp³-hybridized carbons (Fsp3) is 1.00. The maximum absolute atomic E-state index is 2.56. The van der Waals surface area contributed by atoms with Crippen LogP contribution in [0.3, 0.4) is 0 Å². The van der Waals surface area contributed by atoms with Gasteiger partial charge < -0.3 is 0 Å². The highest BCUT2D eigenvalue weighted by Crippen LogP contribution is 2.43. The van der Waals surface area contributed by atoms with Crippen LogP contribution in [0.2, 0.25) is 0 Å². The van der Waals surface area contributed by atoms with Gasteiger partial charge in [0.05, 0.1) is 0 Å². The van der Waals surface area contributed by atoms with Gasteiger partial charge in [0.15, 0.2) is 0 Å². The molecule has 0 aromatic carbocycles. The Morgan fingerprint density at radius 2 is 1.00 bits per heavy atom. The minimum absolute atomic E-state index is 0.866. The summed E-state index contributed by atoms with van der Waals surface area (Å²) in [4.78, 5) is 0. The Bertz CT molecular complexity index is 429. The second-order valence-electron chi connectivity index (χ2n) is 13.4. The standard InChI is InChI=1S/C19H38.C11H24.C5H12.2C2H6/c1-7-9-15(5)12-17(8-2)16(6)19-11-10-18(13-19)14(3)4;1-6-10(7-2)11(8-3)9(4)5;1-4-5(2)3;2*1-2/h14-19H,7-13H2,1-6H3;9-11H,6-8H2,1-5H3;5H,4H2,1-3H3;2*1-2H3. The van der Waals surface area contributed by atoms with Gasteiger partial charge in [-0.25, -0.2) is 0 Å². The molecule has 0 N–H and O–H groups in total. The van der Waals surface area contributed by atoms with E-state index >= 15 is 0 Å². The topological polar surface area (TPSA) is 0 Å². The molecule has 39 heavy (non-hydrogen) atoms. The molecule has 0 amide bonds. The lowest BCUT2D eigenvalue weighted by molar-refractivity contribution is 0.198. The number of hydrogen-bond donors (Lipinski definition) is 0. The number of rotatable bonds is 14. The van der Waals surface area contributed by atoms with Crippen molar-refractivity contribution in [2.24, 2.45) is 59.2 Å². The van der Waals surface area contributed by atoms with Crippen LogP contribution in [-0.4, -0.2) is 0 Å². The molecule has 0 bridgehead atoms. The lowest BCUT2D eigenvalue weighted by Crippen LogP contribution is -2.21. The first kappa shape index (κ1) is 46.0. The van der Waals surface area contributed by atoms with Crippen molar-refractivity contribution in [3.05, 3.63) is 0 Å². The van der Waals surface area contributed by atoms with E-state index in [0.29, 0.717) is 0 Å². The lowest BCUT2D eigenvalue weighted by Gasteiger charge is -2.30. The van der Waals surface area contributed by atoms with E-state index in [0.717, 1.165) is 59.2 Å². The van der Waals surface area contributed by atoms with Crippen LogP contribution in [0.4, 0.5) is 0 Å². The van der Waals surface area contributed by atoms with Crippen molar-refractivity contribution < 1.29 is 0 Å². The molecule has 0 heterocycles. The molecule has 1 aliphatic carbocycles. The molecule has 1 fully saturated rings. The van der Waals surface area contributed by atoms with E-state index in [4.69, 9.17) is 0 Å². The average molecular weight is 555 g/mol. The molecule has 6 atom stereocenters. The molecule has 0 radical (unpaired) electrons. The van der Waals surface area contributed by atoms with Crippen LogP contribution in [0.15, 0.2) is 0 Å². The zero-order chi connectivity index (χ0) is 31.6. The lowest BCUT2D eigenvalue weighted by atomic mass is 9.75. The molecule has 0 aliphatic heterocycles. The second-order valence-corrected chi connectivity index (χ2v) is 13.4. The molecular formula is C39H86. The first-order valence-corrected chi connectivity index (χ1v) is 18.4. The molecule has 6 unspecified atom stereocenters. The zero-order valence-electron chi connectivity index (χ0n) is 31.6. The SMILES string of the molecule is CC.CC.CCC(C)C.CCC(CC)C(CC)C(C)C.CCCC(C)CC(CC)C(C)C1CCC(C(C)C)C1.